The summed E-state index contributed by atoms with van der Waals surface area (Å²) in [5.41, 5.74) is 2.13. The molecule has 0 radical (unpaired) electrons. The van der Waals surface area contributed by atoms with Crippen molar-refractivity contribution in [3.05, 3.63) is 29.3 Å². The molecule has 0 amide bonds. The van der Waals surface area contributed by atoms with E-state index in [1.807, 2.05) is 12.1 Å². The zero-order valence-corrected chi connectivity index (χ0v) is 15.9. The Morgan fingerprint density at radius 1 is 1.25 bits per heavy atom. The fraction of sp³-hybridized carbons (Fsp3) is 0.700. The van der Waals surface area contributed by atoms with Crippen molar-refractivity contribution < 1.29 is 9.84 Å². The van der Waals surface area contributed by atoms with Crippen LogP contribution >= 0.6 is 0 Å². The van der Waals surface area contributed by atoms with Crippen LogP contribution in [-0.2, 0) is 5.41 Å². The summed E-state index contributed by atoms with van der Waals surface area (Å²) in [6.45, 7) is 15.5. The van der Waals surface area contributed by atoms with E-state index in [2.05, 4.69) is 50.9 Å². The number of hydrogen-bond acceptors (Lipinski definition) is 4. The second-order valence-corrected chi connectivity index (χ2v) is 7.83. The zero-order chi connectivity index (χ0) is 17.7. The van der Waals surface area contributed by atoms with Gasteiger partial charge in [-0.2, -0.15) is 0 Å². The van der Waals surface area contributed by atoms with E-state index < -0.39 is 6.10 Å². The van der Waals surface area contributed by atoms with Crippen LogP contribution in [-0.4, -0.2) is 48.8 Å². The van der Waals surface area contributed by atoms with Gasteiger partial charge in [-0.15, -0.1) is 0 Å². The summed E-state index contributed by atoms with van der Waals surface area (Å²) in [7, 11) is 0. The van der Waals surface area contributed by atoms with Crippen molar-refractivity contribution in [1.82, 2.24) is 10.2 Å². The van der Waals surface area contributed by atoms with Crippen LogP contribution in [0, 0.1) is 0 Å². The van der Waals surface area contributed by atoms with Crippen LogP contribution < -0.4 is 10.1 Å². The molecule has 136 valence electrons. The number of aliphatic hydroxyl groups is 1. The summed E-state index contributed by atoms with van der Waals surface area (Å²) in [6.07, 6.45) is 0.512. The van der Waals surface area contributed by atoms with Crippen LogP contribution in [0.15, 0.2) is 18.2 Å². The van der Waals surface area contributed by atoms with Crippen molar-refractivity contribution in [1.29, 1.82) is 0 Å². The summed E-state index contributed by atoms with van der Waals surface area (Å²) in [6, 6.07) is 6.29. The van der Waals surface area contributed by atoms with E-state index in [1.165, 1.54) is 5.56 Å². The maximum atomic E-state index is 10.9. The van der Waals surface area contributed by atoms with Crippen molar-refractivity contribution >= 4 is 0 Å². The molecule has 2 N–H and O–H groups in total. The van der Waals surface area contributed by atoms with Gasteiger partial charge < -0.3 is 15.2 Å². The van der Waals surface area contributed by atoms with Crippen LogP contribution in [0.4, 0.5) is 0 Å². The van der Waals surface area contributed by atoms with Gasteiger partial charge in [0.25, 0.3) is 0 Å². The van der Waals surface area contributed by atoms with Gasteiger partial charge in [-0.1, -0.05) is 33.8 Å². The number of ether oxygens (including phenoxy) is 1. The van der Waals surface area contributed by atoms with E-state index >= 15 is 0 Å². The van der Waals surface area contributed by atoms with Gasteiger partial charge in [0.05, 0.1) is 12.7 Å². The van der Waals surface area contributed by atoms with Gasteiger partial charge in [0.15, 0.2) is 0 Å². The molecule has 1 aromatic rings. The first kappa shape index (κ1) is 19.2. The molecule has 0 bridgehead atoms. The zero-order valence-electron chi connectivity index (χ0n) is 15.9. The van der Waals surface area contributed by atoms with Crippen molar-refractivity contribution in [2.45, 2.75) is 58.6 Å². The lowest BCUT2D eigenvalue weighted by Gasteiger charge is -2.36. The third-order valence-electron chi connectivity index (χ3n) is 4.80. The number of benzene rings is 1. The van der Waals surface area contributed by atoms with Crippen molar-refractivity contribution in [3.8, 4) is 5.75 Å². The van der Waals surface area contributed by atoms with Crippen LogP contribution in [0.3, 0.4) is 0 Å². The summed E-state index contributed by atoms with van der Waals surface area (Å²) in [5, 5.41) is 14.3. The van der Waals surface area contributed by atoms with E-state index in [0.29, 0.717) is 0 Å². The molecule has 4 nitrogen and oxygen atoms in total. The number of aliphatic hydroxyl groups excluding tert-OH is 1. The van der Waals surface area contributed by atoms with Gasteiger partial charge in [0.1, 0.15) is 5.75 Å². The monoisotopic (exact) mass is 334 g/mol. The van der Waals surface area contributed by atoms with Crippen LogP contribution in [0.5, 0.6) is 5.75 Å². The second-order valence-electron chi connectivity index (χ2n) is 7.83. The molecule has 2 rings (SSSR count). The maximum absolute atomic E-state index is 10.9. The Morgan fingerprint density at radius 2 is 1.92 bits per heavy atom. The van der Waals surface area contributed by atoms with Crippen LogP contribution in [0.2, 0.25) is 0 Å². The molecule has 2 unspecified atom stereocenters. The number of nitrogens with zero attached hydrogens (tertiary/aromatic N) is 1. The highest BCUT2D eigenvalue weighted by atomic mass is 16.5. The molecule has 1 aromatic carbocycles. The van der Waals surface area contributed by atoms with Gasteiger partial charge in [-0.3, -0.25) is 4.90 Å². The van der Waals surface area contributed by atoms with E-state index in [0.717, 1.165) is 50.5 Å². The summed E-state index contributed by atoms with van der Waals surface area (Å²) < 4.78 is 5.92. The molecule has 1 saturated heterocycles. The first-order chi connectivity index (χ1) is 11.3. The van der Waals surface area contributed by atoms with E-state index in [9.17, 15) is 5.11 Å². The quantitative estimate of drug-likeness (QED) is 0.839. The maximum Gasteiger partial charge on any atom is 0.123 e. The Balaban J connectivity index is 2.22. The minimum atomic E-state index is -0.482. The largest absolute Gasteiger partial charge is 0.493 e. The first-order valence-electron chi connectivity index (χ1n) is 9.24. The fourth-order valence-corrected chi connectivity index (χ4v) is 3.22. The third kappa shape index (κ3) is 4.71. The first-order valence-corrected chi connectivity index (χ1v) is 9.24. The average molecular weight is 335 g/mol. The highest BCUT2D eigenvalue weighted by Gasteiger charge is 2.27. The molecule has 24 heavy (non-hydrogen) atoms. The summed E-state index contributed by atoms with van der Waals surface area (Å²) in [4.78, 5) is 2.36. The van der Waals surface area contributed by atoms with Gasteiger partial charge >= 0.3 is 0 Å². The highest BCUT2D eigenvalue weighted by Crippen LogP contribution is 2.34. The van der Waals surface area contributed by atoms with Gasteiger partial charge in [0, 0.05) is 32.2 Å². The van der Waals surface area contributed by atoms with Crippen LogP contribution in [0.1, 0.15) is 58.3 Å². The third-order valence-corrected chi connectivity index (χ3v) is 4.80. The molecular formula is C20H34N2O2. The molecule has 0 saturated carbocycles. The molecule has 1 aliphatic heterocycles. The average Bonchev–Trinajstić information content (AvgIpc) is 2.58. The van der Waals surface area contributed by atoms with Crippen molar-refractivity contribution in [2.75, 3.05) is 32.8 Å². The number of hydrogen-bond donors (Lipinski definition) is 2. The van der Waals surface area contributed by atoms with Crippen molar-refractivity contribution in [3.63, 3.8) is 0 Å². The number of nitrogens with one attached hydrogen (secondary N) is 1. The Morgan fingerprint density at radius 3 is 2.50 bits per heavy atom. The SMILES string of the molecule is CCCOc1ccc(C(O)C(C)N2CCNCC2)cc1C(C)(C)C. The molecular weight excluding hydrogens is 300 g/mol. The second kappa shape index (κ2) is 8.32. The topological polar surface area (TPSA) is 44.7 Å². The molecule has 0 spiro atoms. The predicted molar refractivity (Wildman–Crippen MR) is 99.8 cm³/mol. The molecule has 2 atom stereocenters. The van der Waals surface area contributed by atoms with Gasteiger partial charge in [-0.25, -0.2) is 0 Å². The fourth-order valence-electron chi connectivity index (χ4n) is 3.22. The summed E-state index contributed by atoms with van der Waals surface area (Å²) in [5.74, 6) is 0.940. The standard InChI is InChI=1S/C20H34N2O2/c1-6-13-24-18-8-7-16(14-17(18)20(3,4)5)19(23)15(2)22-11-9-21-10-12-22/h7-8,14-15,19,21,23H,6,9-13H2,1-5H3. The van der Waals surface area contributed by atoms with E-state index in [1.54, 1.807) is 0 Å². The Hall–Kier alpha value is -1.10. The molecule has 1 aliphatic rings. The smallest absolute Gasteiger partial charge is 0.123 e. The number of piperazine rings is 1. The van der Waals surface area contributed by atoms with E-state index in [4.69, 9.17) is 4.74 Å². The van der Waals surface area contributed by atoms with E-state index in [-0.39, 0.29) is 11.5 Å². The van der Waals surface area contributed by atoms with Crippen LogP contribution in [0.25, 0.3) is 0 Å². The lowest BCUT2D eigenvalue weighted by molar-refractivity contribution is 0.0509. The summed E-state index contributed by atoms with van der Waals surface area (Å²) >= 11 is 0. The predicted octanol–water partition coefficient (Wildman–Crippen LogP) is 3.10. The van der Waals surface area contributed by atoms with Gasteiger partial charge in [0.2, 0.25) is 0 Å². The van der Waals surface area contributed by atoms with Gasteiger partial charge in [-0.05, 0) is 42.0 Å². The number of rotatable bonds is 6. The Labute approximate surface area is 147 Å². The lowest BCUT2D eigenvalue weighted by atomic mass is 9.84. The van der Waals surface area contributed by atoms with Crippen molar-refractivity contribution in [2.24, 2.45) is 0 Å². The molecule has 1 fully saturated rings. The lowest BCUT2D eigenvalue weighted by Crippen LogP contribution is -2.49. The Kier molecular flexibility index (Phi) is 6.67. The Bertz CT molecular complexity index is 519. The normalized spacial score (nSPS) is 19.1. The molecule has 0 aliphatic carbocycles. The minimum absolute atomic E-state index is 0.0168. The minimum Gasteiger partial charge on any atom is -0.493 e. The molecule has 1 heterocycles. The molecule has 0 aromatic heterocycles. The highest BCUT2D eigenvalue weighted by molar-refractivity contribution is 5.42. The molecule has 4 heteroatoms.